The topological polar surface area (TPSA) is 69.6 Å². The monoisotopic (exact) mass is 426 g/mol. The standard InChI is InChI=1S/C25H31FN2O3/c1-3-4-6-11-21(29)28-17-16-25(2,31)23(22(28)18-9-7-5-8-10-18)27-24(30)19-12-14-20(26)15-13-19/h5,7-10,12-15,22-23,31H,3-4,6,11,16-17H2,1-2H3,(H,27,30). The Kier molecular flexibility index (Phi) is 7.44. The lowest BCUT2D eigenvalue weighted by Gasteiger charge is -2.49. The molecule has 0 radical (unpaired) electrons. The van der Waals surface area contributed by atoms with Gasteiger partial charge >= 0.3 is 0 Å². The summed E-state index contributed by atoms with van der Waals surface area (Å²) in [7, 11) is 0. The van der Waals surface area contributed by atoms with E-state index < -0.39 is 29.4 Å². The molecule has 0 aliphatic carbocycles. The first kappa shape index (κ1) is 22.9. The van der Waals surface area contributed by atoms with Crippen molar-refractivity contribution in [2.24, 2.45) is 0 Å². The highest BCUT2D eigenvalue weighted by atomic mass is 19.1. The maximum Gasteiger partial charge on any atom is 0.251 e. The van der Waals surface area contributed by atoms with Crippen LogP contribution in [0.15, 0.2) is 54.6 Å². The Balaban J connectivity index is 1.92. The molecule has 2 aromatic rings. The average molecular weight is 427 g/mol. The van der Waals surface area contributed by atoms with Gasteiger partial charge < -0.3 is 15.3 Å². The maximum absolute atomic E-state index is 13.3. The summed E-state index contributed by atoms with van der Waals surface area (Å²) in [6.45, 7) is 4.20. The van der Waals surface area contributed by atoms with E-state index in [1.54, 1.807) is 11.8 Å². The molecule has 1 heterocycles. The fourth-order valence-electron chi connectivity index (χ4n) is 4.19. The molecule has 166 valence electrons. The van der Waals surface area contributed by atoms with E-state index in [-0.39, 0.29) is 5.91 Å². The summed E-state index contributed by atoms with van der Waals surface area (Å²) >= 11 is 0. The van der Waals surface area contributed by atoms with Crippen molar-refractivity contribution in [3.05, 3.63) is 71.5 Å². The number of piperidine rings is 1. The van der Waals surface area contributed by atoms with E-state index >= 15 is 0 Å². The van der Waals surface area contributed by atoms with Crippen LogP contribution in [0, 0.1) is 5.82 Å². The Bertz CT molecular complexity index is 883. The molecule has 5 nitrogen and oxygen atoms in total. The van der Waals surface area contributed by atoms with Gasteiger partial charge in [0, 0.05) is 18.5 Å². The second-order valence-corrected chi connectivity index (χ2v) is 8.46. The zero-order valence-electron chi connectivity index (χ0n) is 18.2. The van der Waals surface area contributed by atoms with E-state index in [0.29, 0.717) is 24.9 Å². The number of hydrogen-bond donors (Lipinski definition) is 2. The summed E-state index contributed by atoms with van der Waals surface area (Å²) in [6.07, 6.45) is 3.62. The van der Waals surface area contributed by atoms with Crippen LogP contribution in [-0.4, -0.2) is 40.0 Å². The van der Waals surface area contributed by atoms with Gasteiger partial charge in [0.1, 0.15) is 5.82 Å². The SMILES string of the molecule is CCCCCC(=O)N1CCC(C)(O)C(NC(=O)c2ccc(F)cc2)C1c1ccccc1. The van der Waals surface area contributed by atoms with Crippen molar-refractivity contribution in [3.8, 4) is 0 Å². The van der Waals surface area contributed by atoms with Crippen molar-refractivity contribution < 1.29 is 19.1 Å². The molecule has 0 bridgehead atoms. The summed E-state index contributed by atoms with van der Waals surface area (Å²) in [5.74, 6) is -0.808. The minimum atomic E-state index is -1.21. The fraction of sp³-hybridized carbons (Fsp3) is 0.440. The van der Waals surface area contributed by atoms with Crippen LogP contribution >= 0.6 is 0 Å². The molecule has 1 aliphatic heterocycles. The number of unbranched alkanes of at least 4 members (excludes halogenated alkanes) is 2. The van der Waals surface area contributed by atoms with Crippen LogP contribution in [0.1, 0.15) is 67.9 Å². The van der Waals surface area contributed by atoms with Crippen LogP contribution in [0.5, 0.6) is 0 Å². The summed E-state index contributed by atoms with van der Waals surface area (Å²) in [6, 6.07) is 13.6. The number of carbonyl (C=O) groups is 2. The predicted octanol–water partition coefficient (Wildman–Crippen LogP) is 4.23. The van der Waals surface area contributed by atoms with Crippen LogP contribution in [0.4, 0.5) is 4.39 Å². The van der Waals surface area contributed by atoms with Gasteiger partial charge in [0.15, 0.2) is 0 Å². The quantitative estimate of drug-likeness (QED) is 0.651. The number of nitrogens with one attached hydrogen (secondary N) is 1. The Hall–Kier alpha value is -2.73. The van der Waals surface area contributed by atoms with E-state index in [0.717, 1.165) is 24.8 Å². The molecule has 2 amide bonds. The lowest BCUT2D eigenvalue weighted by Crippen LogP contribution is -2.63. The summed E-state index contributed by atoms with van der Waals surface area (Å²) in [4.78, 5) is 27.8. The Morgan fingerprint density at radius 2 is 1.81 bits per heavy atom. The highest BCUT2D eigenvalue weighted by Crippen LogP contribution is 2.37. The zero-order valence-corrected chi connectivity index (χ0v) is 18.2. The predicted molar refractivity (Wildman–Crippen MR) is 118 cm³/mol. The van der Waals surface area contributed by atoms with Crippen molar-refractivity contribution in [3.63, 3.8) is 0 Å². The fourth-order valence-corrected chi connectivity index (χ4v) is 4.19. The Morgan fingerprint density at radius 3 is 2.45 bits per heavy atom. The molecule has 2 aromatic carbocycles. The second kappa shape index (κ2) is 10.1. The first-order valence-electron chi connectivity index (χ1n) is 11.0. The molecule has 3 rings (SSSR count). The maximum atomic E-state index is 13.3. The van der Waals surface area contributed by atoms with Gasteiger partial charge in [0.05, 0.1) is 17.7 Å². The number of nitrogens with zero attached hydrogens (tertiary/aromatic N) is 1. The Labute approximate surface area is 183 Å². The molecule has 3 unspecified atom stereocenters. The molecule has 0 aromatic heterocycles. The first-order valence-corrected chi connectivity index (χ1v) is 11.0. The third-order valence-electron chi connectivity index (χ3n) is 6.03. The van der Waals surface area contributed by atoms with E-state index in [1.807, 2.05) is 30.3 Å². The van der Waals surface area contributed by atoms with Gasteiger partial charge in [-0.3, -0.25) is 9.59 Å². The number of rotatable bonds is 7. The lowest BCUT2D eigenvalue weighted by molar-refractivity contribution is -0.142. The highest BCUT2D eigenvalue weighted by molar-refractivity contribution is 5.94. The minimum Gasteiger partial charge on any atom is -0.388 e. The number of carbonyl (C=O) groups excluding carboxylic acids is 2. The van der Waals surface area contributed by atoms with Gasteiger partial charge in [0.2, 0.25) is 5.91 Å². The van der Waals surface area contributed by atoms with Gasteiger partial charge in [-0.05, 0) is 49.6 Å². The number of halogens is 1. The minimum absolute atomic E-state index is 0.0267. The Morgan fingerprint density at radius 1 is 1.13 bits per heavy atom. The smallest absolute Gasteiger partial charge is 0.251 e. The van der Waals surface area contributed by atoms with Crippen LogP contribution in [0.2, 0.25) is 0 Å². The number of aliphatic hydroxyl groups is 1. The molecule has 0 saturated carbocycles. The van der Waals surface area contributed by atoms with Gasteiger partial charge in [-0.1, -0.05) is 50.1 Å². The second-order valence-electron chi connectivity index (χ2n) is 8.46. The van der Waals surface area contributed by atoms with Crippen LogP contribution in [0.25, 0.3) is 0 Å². The first-order chi connectivity index (χ1) is 14.8. The van der Waals surface area contributed by atoms with Crippen molar-refractivity contribution in [1.82, 2.24) is 10.2 Å². The number of likely N-dealkylation sites (tertiary alicyclic amines) is 1. The lowest BCUT2D eigenvalue weighted by atomic mass is 9.79. The largest absolute Gasteiger partial charge is 0.388 e. The zero-order chi connectivity index (χ0) is 22.4. The summed E-state index contributed by atoms with van der Waals surface area (Å²) in [5, 5.41) is 14.1. The molecule has 6 heteroatoms. The molecule has 2 N–H and O–H groups in total. The van der Waals surface area contributed by atoms with Crippen molar-refractivity contribution >= 4 is 11.8 Å². The molecule has 1 aliphatic rings. The van der Waals surface area contributed by atoms with Crippen LogP contribution in [0.3, 0.4) is 0 Å². The van der Waals surface area contributed by atoms with Gasteiger partial charge in [0.25, 0.3) is 5.91 Å². The third-order valence-corrected chi connectivity index (χ3v) is 6.03. The van der Waals surface area contributed by atoms with E-state index in [2.05, 4.69) is 12.2 Å². The average Bonchev–Trinajstić information content (AvgIpc) is 2.76. The normalized spacial score (nSPS) is 23.4. The van der Waals surface area contributed by atoms with Crippen molar-refractivity contribution in [2.45, 2.75) is 63.6 Å². The molecule has 1 saturated heterocycles. The molecular weight excluding hydrogens is 395 g/mol. The van der Waals surface area contributed by atoms with Gasteiger partial charge in [-0.25, -0.2) is 4.39 Å². The van der Waals surface area contributed by atoms with Crippen LogP contribution < -0.4 is 5.32 Å². The van der Waals surface area contributed by atoms with E-state index in [4.69, 9.17) is 0 Å². The van der Waals surface area contributed by atoms with E-state index in [1.165, 1.54) is 24.3 Å². The summed E-state index contributed by atoms with van der Waals surface area (Å²) < 4.78 is 13.3. The molecule has 0 spiro atoms. The molecule has 31 heavy (non-hydrogen) atoms. The van der Waals surface area contributed by atoms with Crippen LogP contribution in [-0.2, 0) is 4.79 Å². The number of benzene rings is 2. The van der Waals surface area contributed by atoms with Crippen molar-refractivity contribution in [2.75, 3.05) is 6.54 Å². The summed E-state index contributed by atoms with van der Waals surface area (Å²) in [5.41, 5.74) is -0.0535. The third kappa shape index (κ3) is 5.50. The molecule has 1 fully saturated rings. The van der Waals surface area contributed by atoms with E-state index in [9.17, 15) is 19.1 Å². The molecule has 3 atom stereocenters. The molecular formula is C25H31FN2O3. The number of amides is 2. The highest BCUT2D eigenvalue weighted by Gasteiger charge is 2.47. The van der Waals surface area contributed by atoms with Gasteiger partial charge in [-0.2, -0.15) is 0 Å². The number of hydrogen-bond acceptors (Lipinski definition) is 3. The van der Waals surface area contributed by atoms with Crippen molar-refractivity contribution in [1.29, 1.82) is 0 Å². The van der Waals surface area contributed by atoms with Gasteiger partial charge in [-0.15, -0.1) is 0 Å².